The van der Waals surface area contributed by atoms with Gasteiger partial charge in [-0.15, -0.1) is 0 Å². The maximum Gasteiger partial charge on any atom is 0.224 e. The van der Waals surface area contributed by atoms with E-state index in [1.807, 2.05) is 6.92 Å². The lowest BCUT2D eigenvalue weighted by molar-refractivity contribution is 0.628. The van der Waals surface area contributed by atoms with Crippen LogP contribution in [0.25, 0.3) is 0 Å². The molecule has 2 N–H and O–H groups in total. The Morgan fingerprint density at radius 3 is 2.75 bits per heavy atom. The topological polar surface area (TPSA) is 49.8 Å². The zero-order chi connectivity index (χ0) is 14.5. The van der Waals surface area contributed by atoms with E-state index in [2.05, 4.69) is 27.5 Å². The third kappa shape index (κ3) is 3.81. The molecule has 0 aliphatic heterocycles. The molecule has 0 saturated carbocycles. The lowest BCUT2D eigenvalue weighted by Crippen LogP contribution is -2.07. The van der Waals surface area contributed by atoms with E-state index in [-0.39, 0.29) is 5.82 Å². The highest BCUT2D eigenvalue weighted by Crippen LogP contribution is 2.25. The molecule has 0 amide bonds. The first-order valence-corrected chi connectivity index (χ1v) is 6.78. The Balaban J connectivity index is 2.21. The minimum atomic E-state index is -0.371. The zero-order valence-corrected chi connectivity index (χ0v) is 12.1. The summed E-state index contributed by atoms with van der Waals surface area (Å²) in [5.74, 6) is 0.807. The largest absolute Gasteiger partial charge is 0.354 e. The van der Waals surface area contributed by atoms with Crippen LogP contribution in [0.2, 0.25) is 5.02 Å². The van der Waals surface area contributed by atoms with E-state index in [0.717, 1.165) is 18.7 Å². The van der Waals surface area contributed by atoms with Crippen LogP contribution < -0.4 is 10.6 Å². The molecule has 0 radical (unpaired) electrons. The number of aromatic nitrogens is 2. The number of aryl methyl sites for hydroxylation is 1. The summed E-state index contributed by atoms with van der Waals surface area (Å²) in [4.78, 5) is 8.64. The van der Waals surface area contributed by atoms with E-state index in [1.54, 1.807) is 12.1 Å². The molecule has 20 heavy (non-hydrogen) atoms. The summed E-state index contributed by atoms with van der Waals surface area (Å²) in [5, 5.41) is 6.51. The van der Waals surface area contributed by atoms with Gasteiger partial charge in [0.2, 0.25) is 5.95 Å². The Kier molecular flexibility index (Phi) is 4.74. The second-order valence-electron chi connectivity index (χ2n) is 4.39. The number of hydrogen-bond donors (Lipinski definition) is 2. The molecular formula is C14H16ClFN4. The van der Waals surface area contributed by atoms with Crippen molar-refractivity contribution in [1.82, 2.24) is 9.97 Å². The second-order valence-corrected chi connectivity index (χ2v) is 4.80. The van der Waals surface area contributed by atoms with Gasteiger partial charge in [-0.2, -0.15) is 4.98 Å². The molecule has 0 unspecified atom stereocenters. The summed E-state index contributed by atoms with van der Waals surface area (Å²) in [6, 6.07) is 5.98. The normalized spacial score (nSPS) is 10.4. The van der Waals surface area contributed by atoms with E-state index in [0.29, 0.717) is 22.5 Å². The Hall–Kier alpha value is -1.88. The van der Waals surface area contributed by atoms with Crippen molar-refractivity contribution >= 4 is 29.1 Å². The highest BCUT2D eigenvalue weighted by molar-refractivity contribution is 6.33. The number of rotatable bonds is 5. The molecule has 0 fully saturated rings. The maximum absolute atomic E-state index is 13.0. The van der Waals surface area contributed by atoms with Crippen LogP contribution in [-0.2, 0) is 0 Å². The minimum absolute atomic E-state index is 0.310. The summed E-state index contributed by atoms with van der Waals surface area (Å²) in [6.45, 7) is 4.76. The third-order valence-electron chi connectivity index (χ3n) is 2.58. The molecule has 2 aromatic rings. The molecule has 106 valence electrons. The van der Waals surface area contributed by atoms with Crippen molar-refractivity contribution in [2.75, 3.05) is 17.2 Å². The molecule has 0 saturated heterocycles. The zero-order valence-electron chi connectivity index (χ0n) is 11.4. The van der Waals surface area contributed by atoms with Crippen molar-refractivity contribution in [3.8, 4) is 0 Å². The quantitative estimate of drug-likeness (QED) is 0.870. The Bertz CT molecular complexity index is 604. The number of benzene rings is 1. The third-order valence-corrected chi connectivity index (χ3v) is 2.89. The first-order valence-electron chi connectivity index (χ1n) is 6.40. The summed E-state index contributed by atoms with van der Waals surface area (Å²) >= 11 is 5.98. The highest BCUT2D eigenvalue weighted by atomic mass is 35.5. The molecule has 1 aromatic heterocycles. The smallest absolute Gasteiger partial charge is 0.224 e. The van der Waals surface area contributed by atoms with Crippen LogP contribution in [0.5, 0.6) is 0 Å². The van der Waals surface area contributed by atoms with Gasteiger partial charge in [0.1, 0.15) is 11.6 Å². The molecule has 0 atom stereocenters. The van der Waals surface area contributed by atoms with E-state index >= 15 is 0 Å². The number of halogens is 2. The summed E-state index contributed by atoms with van der Waals surface area (Å²) in [7, 11) is 0. The maximum atomic E-state index is 13.0. The van der Waals surface area contributed by atoms with Gasteiger partial charge in [-0.3, -0.25) is 0 Å². The van der Waals surface area contributed by atoms with Crippen molar-refractivity contribution in [2.24, 2.45) is 0 Å². The van der Waals surface area contributed by atoms with Gasteiger partial charge in [-0.25, -0.2) is 9.37 Å². The molecule has 2 rings (SSSR count). The lowest BCUT2D eigenvalue weighted by atomic mass is 10.3. The van der Waals surface area contributed by atoms with Gasteiger partial charge in [-0.1, -0.05) is 18.5 Å². The van der Waals surface area contributed by atoms with Gasteiger partial charge >= 0.3 is 0 Å². The molecule has 0 spiro atoms. The van der Waals surface area contributed by atoms with E-state index in [1.165, 1.54) is 12.1 Å². The van der Waals surface area contributed by atoms with Crippen molar-refractivity contribution in [1.29, 1.82) is 0 Å². The summed E-state index contributed by atoms with van der Waals surface area (Å²) < 4.78 is 13.0. The van der Waals surface area contributed by atoms with Gasteiger partial charge in [0.15, 0.2) is 0 Å². The molecule has 1 aromatic carbocycles. The van der Waals surface area contributed by atoms with Crippen molar-refractivity contribution in [3.05, 3.63) is 40.8 Å². The highest BCUT2D eigenvalue weighted by Gasteiger charge is 2.06. The SMILES string of the molecule is CCCNc1nc(C)cc(Nc2ccc(F)cc2Cl)n1. The molecular weight excluding hydrogens is 279 g/mol. The van der Waals surface area contributed by atoms with Crippen LogP contribution in [0.1, 0.15) is 19.0 Å². The number of nitrogens with zero attached hydrogens (tertiary/aromatic N) is 2. The Morgan fingerprint density at radius 1 is 1.25 bits per heavy atom. The van der Waals surface area contributed by atoms with Crippen LogP contribution in [0.3, 0.4) is 0 Å². The van der Waals surface area contributed by atoms with Crippen molar-refractivity contribution in [3.63, 3.8) is 0 Å². The van der Waals surface area contributed by atoms with Crippen molar-refractivity contribution < 1.29 is 4.39 Å². The predicted molar refractivity (Wildman–Crippen MR) is 80.2 cm³/mol. The molecule has 4 nitrogen and oxygen atoms in total. The van der Waals surface area contributed by atoms with Crippen LogP contribution >= 0.6 is 11.6 Å². The number of anilines is 3. The monoisotopic (exact) mass is 294 g/mol. The van der Waals surface area contributed by atoms with Crippen LogP contribution in [0, 0.1) is 12.7 Å². The van der Waals surface area contributed by atoms with E-state index < -0.39 is 0 Å². The molecule has 0 aliphatic carbocycles. The predicted octanol–water partition coefficient (Wildman–Crippen LogP) is 4.14. The van der Waals surface area contributed by atoms with E-state index in [9.17, 15) is 4.39 Å². The molecule has 1 heterocycles. The van der Waals surface area contributed by atoms with Crippen LogP contribution in [-0.4, -0.2) is 16.5 Å². The minimum Gasteiger partial charge on any atom is -0.354 e. The summed E-state index contributed by atoms with van der Waals surface area (Å²) in [6.07, 6.45) is 0.990. The fraction of sp³-hybridized carbons (Fsp3) is 0.286. The Labute approximate surface area is 122 Å². The number of hydrogen-bond acceptors (Lipinski definition) is 4. The van der Waals surface area contributed by atoms with Crippen molar-refractivity contribution in [2.45, 2.75) is 20.3 Å². The van der Waals surface area contributed by atoms with Crippen LogP contribution in [0.4, 0.5) is 21.8 Å². The fourth-order valence-corrected chi connectivity index (χ4v) is 1.89. The second kappa shape index (κ2) is 6.52. The fourth-order valence-electron chi connectivity index (χ4n) is 1.68. The number of nitrogens with one attached hydrogen (secondary N) is 2. The summed E-state index contributed by atoms with van der Waals surface area (Å²) in [5.41, 5.74) is 1.44. The molecule has 6 heteroatoms. The van der Waals surface area contributed by atoms with E-state index in [4.69, 9.17) is 11.6 Å². The first-order chi connectivity index (χ1) is 9.58. The van der Waals surface area contributed by atoms with Gasteiger partial charge in [0, 0.05) is 18.3 Å². The molecule has 0 bridgehead atoms. The molecule has 0 aliphatic rings. The Morgan fingerprint density at radius 2 is 2.05 bits per heavy atom. The average Bonchev–Trinajstić information content (AvgIpc) is 2.39. The standard InChI is InChI=1S/C14H16ClFN4/c1-3-6-17-14-18-9(2)7-13(20-14)19-12-5-4-10(16)8-11(12)15/h4-5,7-8H,3,6H2,1-2H3,(H2,17,18,19,20). The van der Waals surface area contributed by atoms with Gasteiger partial charge in [0.05, 0.1) is 10.7 Å². The van der Waals surface area contributed by atoms with Gasteiger partial charge < -0.3 is 10.6 Å². The van der Waals surface area contributed by atoms with Gasteiger partial charge in [0.25, 0.3) is 0 Å². The first kappa shape index (κ1) is 14.5. The van der Waals surface area contributed by atoms with Crippen LogP contribution in [0.15, 0.2) is 24.3 Å². The van der Waals surface area contributed by atoms with Gasteiger partial charge in [-0.05, 0) is 31.5 Å². The average molecular weight is 295 g/mol. The lowest BCUT2D eigenvalue weighted by Gasteiger charge is -2.10.